The van der Waals surface area contributed by atoms with Crippen LogP contribution in [0.3, 0.4) is 0 Å². The van der Waals surface area contributed by atoms with Crippen molar-refractivity contribution in [3.63, 3.8) is 0 Å². The molecule has 2 aromatic carbocycles. The van der Waals surface area contributed by atoms with Gasteiger partial charge in [-0.3, -0.25) is 9.59 Å². The van der Waals surface area contributed by atoms with Crippen molar-refractivity contribution in [3.8, 4) is 16.9 Å². The summed E-state index contributed by atoms with van der Waals surface area (Å²) in [5.41, 5.74) is 4.15. The zero-order chi connectivity index (χ0) is 25.4. The van der Waals surface area contributed by atoms with Crippen molar-refractivity contribution in [3.05, 3.63) is 106 Å². The van der Waals surface area contributed by atoms with E-state index in [-0.39, 0.29) is 11.5 Å². The standard InChI is InChI=1S/C29H28ClN5O2/c30-23-11-9-21(10-12-23)25-16-27(35(32-25)24-5-2-1-3-6-24)29(37)31-13-14-33-17-20-15-22(19-33)26-7-4-8-28(36)34(26)18-20/h1-12,16,20,22H,13-15,17-19H2,(H,31,37). The number of likely N-dealkylation sites (tertiary alicyclic amines) is 1. The van der Waals surface area contributed by atoms with Crippen molar-refractivity contribution < 1.29 is 4.79 Å². The monoisotopic (exact) mass is 513 g/mol. The lowest BCUT2D eigenvalue weighted by atomic mass is 9.83. The first-order chi connectivity index (χ1) is 18.0. The summed E-state index contributed by atoms with van der Waals surface area (Å²) >= 11 is 6.06. The van der Waals surface area contributed by atoms with E-state index in [0.717, 1.165) is 49.5 Å². The lowest BCUT2D eigenvalue weighted by Gasteiger charge is -2.42. The summed E-state index contributed by atoms with van der Waals surface area (Å²) in [7, 11) is 0. The van der Waals surface area contributed by atoms with Gasteiger partial charge in [-0.25, -0.2) is 4.68 Å². The normalized spacial score (nSPS) is 18.8. The van der Waals surface area contributed by atoms with E-state index in [0.29, 0.717) is 34.8 Å². The van der Waals surface area contributed by atoms with Gasteiger partial charge in [0.25, 0.3) is 11.5 Å². The fourth-order valence-electron chi connectivity index (χ4n) is 5.67. The molecule has 2 aliphatic rings. The Morgan fingerprint density at radius 3 is 2.59 bits per heavy atom. The molecular formula is C29H28ClN5O2. The average molecular weight is 514 g/mol. The molecule has 1 N–H and O–H groups in total. The number of rotatable bonds is 6. The average Bonchev–Trinajstić information content (AvgIpc) is 3.36. The number of halogens is 1. The maximum Gasteiger partial charge on any atom is 0.270 e. The maximum absolute atomic E-state index is 13.3. The van der Waals surface area contributed by atoms with E-state index in [9.17, 15) is 9.59 Å². The van der Waals surface area contributed by atoms with Crippen LogP contribution in [0.25, 0.3) is 16.9 Å². The van der Waals surface area contributed by atoms with Gasteiger partial charge in [0, 0.05) is 61.0 Å². The van der Waals surface area contributed by atoms with Crippen molar-refractivity contribution in [1.29, 1.82) is 0 Å². The number of hydrogen-bond acceptors (Lipinski definition) is 4. The second-order valence-electron chi connectivity index (χ2n) is 9.88. The number of benzene rings is 2. The van der Waals surface area contributed by atoms with E-state index < -0.39 is 0 Å². The zero-order valence-corrected chi connectivity index (χ0v) is 21.1. The second-order valence-corrected chi connectivity index (χ2v) is 10.3. The quantitative estimate of drug-likeness (QED) is 0.419. The predicted molar refractivity (Wildman–Crippen MR) is 144 cm³/mol. The number of nitrogens with zero attached hydrogens (tertiary/aromatic N) is 4. The van der Waals surface area contributed by atoms with Gasteiger partial charge in [0.05, 0.1) is 11.4 Å². The van der Waals surface area contributed by atoms with Crippen LogP contribution in [0.4, 0.5) is 0 Å². The fourth-order valence-corrected chi connectivity index (χ4v) is 5.79. The largest absolute Gasteiger partial charge is 0.349 e. The van der Waals surface area contributed by atoms with Crippen LogP contribution in [-0.2, 0) is 6.54 Å². The number of pyridine rings is 1. The van der Waals surface area contributed by atoms with Crippen LogP contribution < -0.4 is 10.9 Å². The lowest BCUT2D eigenvalue weighted by molar-refractivity contribution is 0.0920. The molecule has 1 amide bonds. The van der Waals surface area contributed by atoms with Gasteiger partial charge >= 0.3 is 0 Å². The highest BCUT2D eigenvalue weighted by molar-refractivity contribution is 6.30. The van der Waals surface area contributed by atoms with Crippen LogP contribution >= 0.6 is 11.6 Å². The molecule has 0 aliphatic carbocycles. The Morgan fingerprint density at radius 2 is 1.78 bits per heavy atom. The van der Waals surface area contributed by atoms with Crippen LogP contribution in [0, 0.1) is 5.92 Å². The third kappa shape index (κ3) is 4.84. The van der Waals surface area contributed by atoms with Gasteiger partial charge in [-0.1, -0.05) is 48.0 Å². The first-order valence-electron chi connectivity index (χ1n) is 12.7. The predicted octanol–water partition coefficient (Wildman–Crippen LogP) is 4.20. The van der Waals surface area contributed by atoms with Crippen LogP contribution in [-0.4, -0.2) is 51.3 Å². The molecule has 0 spiro atoms. The Bertz CT molecular complexity index is 1480. The summed E-state index contributed by atoms with van der Waals surface area (Å²) < 4.78 is 3.64. The summed E-state index contributed by atoms with van der Waals surface area (Å²) in [5, 5.41) is 8.50. The van der Waals surface area contributed by atoms with Gasteiger partial charge < -0.3 is 14.8 Å². The third-order valence-corrected chi connectivity index (χ3v) is 7.60. The summed E-state index contributed by atoms with van der Waals surface area (Å²) in [6.45, 7) is 3.92. The summed E-state index contributed by atoms with van der Waals surface area (Å²) in [6.07, 6.45) is 1.12. The van der Waals surface area contributed by atoms with Gasteiger partial charge in [-0.2, -0.15) is 5.10 Å². The highest BCUT2D eigenvalue weighted by atomic mass is 35.5. The van der Waals surface area contributed by atoms with E-state index in [1.54, 1.807) is 10.7 Å². The van der Waals surface area contributed by atoms with Crippen LogP contribution in [0.5, 0.6) is 0 Å². The molecular weight excluding hydrogens is 486 g/mol. The van der Waals surface area contributed by atoms with Gasteiger partial charge in [-0.05, 0) is 48.7 Å². The molecule has 7 nitrogen and oxygen atoms in total. The minimum atomic E-state index is -0.161. The number of amides is 1. The molecule has 8 heteroatoms. The van der Waals surface area contributed by atoms with Crippen molar-refractivity contribution in [2.24, 2.45) is 5.92 Å². The molecule has 37 heavy (non-hydrogen) atoms. The molecule has 1 fully saturated rings. The van der Waals surface area contributed by atoms with Crippen molar-refractivity contribution in [2.75, 3.05) is 26.2 Å². The highest BCUT2D eigenvalue weighted by Crippen LogP contribution is 2.34. The number of nitrogens with one attached hydrogen (secondary N) is 1. The highest BCUT2D eigenvalue weighted by Gasteiger charge is 2.34. The molecule has 4 aromatic rings. The van der Waals surface area contributed by atoms with Gasteiger partial charge in [0.2, 0.25) is 0 Å². The Hall–Kier alpha value is -3.68. The molecule has 0 saturated carbocycles. The fraction of sp³-hybridized carbons (Fsp3) is 0.276. The zero-order valence-electron chi connectivity index (χ0n) is 20.4. The maximum atomic E-state index is 13.3. The smallest absolute Gasteiger partial charge is 0.270 e. The summed E-state index contributed by atoms with van der Waals surface area (Å²) in [6, 6.07) is 24.5. The summed E-state index contributed by atoms with van der Waals surface area (Å²) in [4.78, 5) is 28.0. The van der Waals surface area contributed by atoms with E-state index >= 15 is 0 Å². The van der Waals surface area contributed by atoms with Gasteiger partial charge in [0.1, 0.15) is 5.69 Å². The molecule has 6 rings (SSSR count). The number of carbonyl (C=O) groups excluding carboxylic acids is 1. The minimum absolute atomic E-state index is 0.0981. The van der Waals surface area contributed by atoms with Gasteiger partial charge in [-0.15, -0.1) is 0 Å². The molecule has 188 valence electrons. The van der Waals surface area contributed by atoms with E-state index in [1.807, 2.05) is 71.3 Å². The van der Waals surface area contributed by atoms with Crippen LogP contribution in [0.2, 0.25) is 5.02 Å². The SMILES string of the molecule is O=C(NCCN1CC2CC(C1)c1cccc(=O)n1C2)c1cc(-c2ccc(Cl)cc2)nn1-c1ccccc1. The van der Waals surface area contributed by atoms with E-state index in [4.69, 9.17) is 16.7 Å². The first-order valence-corrected chi connectivity index (χ1v) is 13.0. The van der Waals surface area contributed by atoms with E-state index in [2.05, 4.69) is 16.3 Å². The first kappa shape index (κ1) is 23.7. The number of piperidine rings is 1. The number of fused-ring (bicyclic) bond motifs is 4. The molecule has 0 radical (unpaired) electrons. The van der Waals surface area contributed by atoms with Crippen molar-refractivity contribution in [1.82, 2.24) is 24.6 Å². The molecule has 2 bridgehead atoms. The topological polar surface area (TPSA) is 72.2 Å². The Labute approximate surface area is 220 Å². The molecule has 2 aromatic heterocycles. The minimum Gasteiger partial charge on any atom is -0.349 e. The number of hydrogen-bond donors (Lipinski definition) is 1. The van der Waals surface area contributed by atoms with Crippen molar-refractivity contribution >= 4 is 17.5 Å². The molecule has 2 aliphatic heterocycles. The van der Waals surface area contributed by atoms with E-state index in [1.165, 1.54) is 0 Å². The van der Waals surface area contributed by atoms with Gasteiger partial charge in [0.15, 0.2) is 0 Å². The van der Waals surface area contributed by atoms with Crippen molar-refractivity contribution in [2.45, 2.75) is 18.9 Å². The molecule has 2 atom stereocenters. The lowest BCUT2D eigenvalue weighted by Crippen LogP contribution is -2.48. The number of para-hydroxylation sites is 1. The molecule has 1 saturated heterocycles. The molecule has 2 unspecified atom stereocenters. The Morgan fingerprint density at radius 1 is 0.973 bits per heavy atom. The Kier molecular flexibility index (Phi) is 6.40. The summed E-state index contributed by atoms with van der Waals surface area (Å²) in [5.74, 6) is 0.660. The van der Waals surface area contributed by atoms with Crippen LogP contribution in [0.15, 0.2) is 83.7 Å². The van der Waals surface area contributed by atoms with Crippen LogP contribution in [0.1, 0.15) is 28.5 Å². The third-order valence-electron chi connectivity index (χ3n) is 7.35. The number of carbonyl (C=O) groups is 1. The molecule has 4 heterocycles. The second kappa shape index (κ2) is 10.00. The Balaban J connectivity index is 1.16. The number of aromatic nitrogens is 3.